The second-order valence-corrected chi connectivity index (χ2v) is 7.51. The Morgan fingerprint density at radius 3 is 2.61 bits per heavy atom. The molecule has 0 aliphatic carbocycles. The molecule has 2 aromatic heterocycles. The molecule has 4 heterocycles. The average Bonchev–Trinajstić information content (AvgIpc) is 3.33. The van der Waals surface area contributed by atoms with Gasteiger partial charge in [-0.3, -0.25) is 14.6 Å². The molecular formula is C20H18F3N5O3. The molecule has 2 aromatic rings. The van der Waals surface area contributed by atoms with Crippen LogP contribution in [-0.2, 0) is 28.0 Å². The van der Waals surface area contributed by atoms with Crippen LogP contribution in [0, 0.1) is 11.3 Å². The van der Waals surface area contributed by atoms with Crippen molar-refractivity contribution in [3.8, 4) is 0 Å². The summed E-state index contributed by atoms with van der Waals surface area (Å²) in [6.45, 7) is 1.52. The lowest BCUT2D eigenvalue weighted by molar-refractivity contribution is -0.145. The zero-order chi connectivity index (χ0) is 22.6. The topological polar surface area (TPSA) is 99.4 Å². The standard InChI is InChI=1S/C20H18F3N5O3/c1-12(24)14(10-29)17(30)27-7-8-28-18(31)15-3-2-6-26(15)11-19(27,28)16-5-4-13(9-25-16)20(21,22)23/h2-6,9-10,14,24H,7-8,11H2,1H3. The van der Waals surface area contributed by atoms with E-state index < -0.39 is 35.1 Å². The SMILES string of the molecule is CC(=N)C(C=O)C(=O)N1CCN2C(=O)c3cccn3CC21c1ccc(C(F)(F)F)cn1. The maximum atomic E-state index is 13.2. The van der Waals surface area contributed by atoms with Crippen molar-refractivity contribution in [2.24, 2.45) is 5.92 Å². The zero-order valence-electron chi connectivity index (χ0n) is 16.4. The lowest BCUT2D eigenvalue weighted by Gasteiger charge is -2.46. The Morgan fingerprint density at radius 1 is 1.29 bits per heavy atom. The number of nitrogens with one attached hydrogen (secondary N) is 1. The first-order valence-electron chi connectivity index (χ1n) is 9.44. The van der Waals surface area contributed by atoms with E-state index in [2.05, 4.69) is 4.98 Å². The predicted molar refractivity (Wildman–Crippen MR) is 101 cm³/mol. The molecule has 31 heavy (non-hydrogen) atoms. The summed E-state index contributed by atoms with van der Waals surface area (Å²) < 4.78 is 40.8. The molecule has 11 heteroatoms. The van der Waals surface area contributed by atoms with Gasteiger partial charge in [0.1, 0.15) is 17.9 Å². The molecule has 0 saturated carbocycles. The Labute approximate surface area is 174 Å². The van der Waals surface area contributed by atoms with Gasteiger partial charge in [0.15, 0.2) is 5.66 Å². The van der Waals surface area contributed by atoms with Gasteiger partial charge >= 0.3 is 6.18 Å². The second kappa shape index (κ2) is 7.03. The Bertz CT molecular complexity index is 1080. The number of halogens is 3. The number of alkyl halides is 3. The zero-order valence-corrected chi connectivity index (χ0v) is 16.4. The molecule has 2 aliphatic rings. The molecular weight excluding hydrogens is 415 g/mol. The number of rotatable bonds is 4. The van der Waals surface area contributed by atoms with Crippen LogP contribution < -0.4 is 0 Å². The number of nitrogens with zero attached hydrogens (tertiary/aromatic N) is 4. The Balaban J connectivity index is 1.88. The van der Waals surface area contributed by atoms with Crippen LogP contribution in [-0.4, -0.2) is 56.3 Å². The summed E-state index contributed by atoms with van der Waals surface area (Å²) in [5.74, 6) is -2.45. The third-order valence-corrected chi connectivity index (χ3v) is 5.76. The number of aldehydes is 1. The van der Waals surface area contributed by atoms with Crippen LogP contribution >= 0.6 is 0 Å². The summed E-state index contributed by atoms with van der Waals surface area (Å²) in [6, 6.07) is 5.28. The van der Waals surface area contributed by atoms with Crippen LogP contribution in [0.3, 0.4) is 0 Å². The minimum absolute atomic E-state index is 0.0355. The number of fused-ring (bicyclic) bond motifs is 2. The van der Waals surface area contributed by atoms with E-state index in [1.807, 2.05) is 0 Å². The molecule has 8 nitrogen and oxygen atoms in total. The number of pyridine rings is 1. The van der Waals surface area contributed by atoms with Crippen LogP contribution in [0.1, 0.15) is 28.7 Å². The molecule has 2 amide bonds. The van der Waals surface area contributed by atoms with Crippen LogP contribution in [0.4, 0.5) is 13.2 Å². The van der Waals surface area contributed by atoms with E-state index in [1.165, 1.54) is 16.7 Å². The van der Waals surface area contributed by atoms with Crippen molar-refractivity contribution in [2.75, 3.05) is 13.1 Å². The van der Waals surface area contributed by atoms with Gasteiger partial charge in [0, 0.05) is 31.2 Å². The highest BCUT2D eigenvalue weighted by Crippen LogP contribution is 2.43. The van der Waals surface area contributed by atoms with Crippen LogP contribution in [0.25, 0.3) is 0 Å². The molecule has 0 bridgehead atoms. The molecule has 0 radical (unpaired) electrons. The van der Waals surface area contributed by atoms with Gasteiger partial charge in [-0.15, -0.1) is 0 Å². The van der Waals surface area contributed by atoms with E-state index in [1.54, 1.807) is 22.9 Å². The van der Waals surface area contributed by atoms with Gasteiger partial charge in [-0.05, 0) is 31.2 Å². The third kappa shape index (κ3) is 3.03. The highest BCUT2D eigenvalue weighted by molar-refractivity contribution is 6.13. The van der Waals surface area contributed by atoms with Gasteiger partial charge in [-0.1, -0.05) is 0 Å². The number of aromatic nitrogens is 2. The number of carbonyl (C=O) groups excluding carboxylic acids is 3. The van der Waals surface area contributed by atoms with Gasteiger partial charge in [0.05, 0.1) is 17.8 Å². The summed E-state index contributed by atoms with van der Waals surface area (Å²) in [4.78, 5) is 44.6. The molecule has 162 valence electrons. The van der Waals surface area contributed by atoms with E-state index in [9.17, 15) is 27.6 Å². The first-order chi connectivity index (χ1) is 14.6. The lowest BCUT2D eigenvalue weighted by Crippen LogP contribution is -2.61. The third-order valence-electron chi connectivity index (χ3n) is 5.76. The number of carbonyl (C=O) groups is 3. The van der Waals surface area contributed by atoms with E-state index in [-0.39, 0.29) is 31.0 Å². The predicted octanol–water partition coefficient (Wildman–Crippen LogP) is 1.91. The number of amides is 2. The van der Waals surface area contributed by atoms with Crippen molar-refractivity contribution in [2.45, 2.75) is 25.3 Å². The lowest BCUT2D eigenvalue weighted by atomic mass is 9.96. The molecule has 0 aromatic carbocycles. The largest absolute Gasteiger partial charge is 0.417 e. The maximum absolute atomic E-state index is 13.2. The average molecular weight is 433 g/mol. The van der Waals surface area contributed by atoms with Gasteiger partial charge in [-0.25, -0.2) is 0 Å². The maximum Gasteiger partial charge on any atom is 0.417 e. The molecule has 1 N–H and O–H groups in total. The fourth-order valence-corrected chi connectivity index (χ4v) is 4.24. The molecule has 4 rings (SSSR count). The summed E-state index contributed by atoms with van der Waals surface area (Å²) in [6.07, 6.45) is -1.94. The first kappa shape index (κ1) is 20.8. The van der Waals surface area contributed by atoms with Crippen LogP contribution in [0.5, 0.6) is 0 Å². The van der Waals surface area contributed by atoms with Gasteiger partial charge in [-0.2, -0.15) is 13.2 Å². The van der Waals surface area contributed by atoms with E-state index in [4.69, 9.17) is 5.41 Å². The molecule has 0 spiro atoms. The van der Waals surface area contributed by atoms with Gasteiger partial charge in [0.2, 0.25) is 5.91 Å². The highest BCUT2D eigenvalue weighted by atomic mass is 19.4. The molecule has 1 saturated heterocycles. The van der Waals surface area contributed by atoms with Crippen molar-refractivity contribution < 1.29 is 27.6 Å². The molecule has 1 fully saturated rings. The van der Waals surface area contributed by atoms with E-state index in [0.29, 0.717) is 18.2 Å². The fraction of sp³-hybridized carbons (Fsp3) is 0.350. The number of hydrogen-bond acceptors (Lipinski definition) is 5. The minimum atomic E-state index is -4.59. The second-order valence-electron chi connectivity index (χ2n) is 7.51. The Hall–Kier alpha value is -3.50. The molecule has 2 unspecified atom stereocenters. The summed E-state index contributed by atoms with van der Waals surface area (Å²) >= 11 is 0. The van der Waals surface area contributed by atoms with Crippen molar-refractivity contribution in [3.05, 3.63) is 53.6 Å². The van der Waals surface area contributed by atoms with Crippen LogP contribution in [0.15, 0.2) is 36.7 Å². The van der Waals surface area contributed by atoms with Crippen molar-refractivity contribution in [3.63, 3.8) is 0 Å². The van der Waals surface area contributed by atoms with Crippen LogP contribution in [0.2, 0.25) is 0 Å². The summed E-state index contributed by atoms with van der Waals surface area (Å²) in [7, 11) is 0. The fourth-order valence-electron chi connectivity index (χ4n) is 4.24. The monoisotopic (exact) mass is 433 g/mol. The number of hydrogen-bond donors (Lipinski definition) is 1. The summed E-state index contributed by atoms with van der Waals surface area (Å²) in [5, 5.41) is 7.77. The summed E-state index contributed by atoms with van der Waals surface area (Å²) in [5.41, 5.74) is -2.18. The van der Waals surface area contributed by atoms with E-state index >= 15 is 0 Å². The smallest absolute Gasteiger partial charge is 0.339 e. The normalized spacial score (nSPS) is 21.5. The molecule has 2 atom stereocenters. The Kier molecular flexibility index (Phi) is 4.71. The molecule has 2 aliphatic heterocycles. The first-order valence-corrected chi connectivity index (χ1v) is 9.44. The van der Waals surface area contributed by atoms with Gasteiger partial charge < -0.3 is 24.6 Å². The van der Waals surface area contributed by atoms with Crippen molar-refractivity contribution >= 4 is 23.8 Å². The van der Waals surface area contributed by atoms with Gasteiger partial charge in [0.25, 0.3) is 5.91 Å². The van der Waals surface area contributed by atoms with E-state index in [0.717, 1.165) is 12.1 Å². The van der Waals surface area contributed by atoms with Crippen molar-refractivity contribution in [1.29, 1.82) is 5.41 Å². The Morgan fingerprint density at radius 2 is 2.03 bits per heavy atom. The minimum Gasteiger partial charge on any atom is -0.339 e. The quantitative estimate of drug-likeness (QED) is 0.452. The van der Waals surface area contributed by atoms with Crippen molar-refractivity contribution in [1.82, 2.24) is 19.4 Å². The highest BCUT2D eigenvalue weighted by Gasteiger charge is 2.57.